The van der Waals surface area contributed by atoms with Gasteiger partial charge in [-0.1, -0.05) is 81.3 Å². The van der Waals surface area contributed by atoms with Crippen LogP contribution < -0.4 is 10.6 Å². The SMILES string of the molecule is CCCCCN(C(=O)C(CS)NC(=O)OC(C)(C)C)C(C(=O)NCc1ccccc1)c1ccc(CC)cc1. The van der Waals surface area contributed by atoms with Crippen molar-refractivity contribution >= 4 is 30.5 Å². The molecule has 8 heteroatoms. The van der Waals surface area contributed by atoms with E-state index in [2.05, 4.69) is 37.1 Å². The van der Waals surface area contributed by atoms with E-state index < -0.39 is 23.8 Å². The van der Waals surface area contributed by atoms with E-state index >= 15 is 0 Å². The summed E-state index contributed by atoms with van der Waals surface area (Å²) in [4.78, 5) is 41.7. The largest absolute Gasteiger partial charge is 0.444 e. The number of nitrogens with one attached hydrogen (secondary N) is 2. The fraction of sp³-hybridized carbons (Fsp3) is 0.500. The van der Waals surface area contributed by atoms with Crippen LogP contribution in [0.5, 0.6) is 0 Å². The van der Waals surface area contributed by atoms with Gasteiger partial charge in [-0.3, -0.25) is 9.59 Å². The summed E-state index contributed by atoms with van der Waals surface area (Å²) in [5, 5.41) is 5.67. The predicted octanol–water partition coefficient (Wildman–Crippen LogP) is 5.45. The average molecular weight is 542 g/mol. The zero-order valence-electron chi connectivity index (χ0n) is 23.3. The monoisotopic (exact) mass is 541 g/mol. The van der Waals surface area contributed by atoms with E-state index in [9.17, 15) is 14.4 Å². The Hall–Kier alpha value is -3.00. The second-order valence-corrected chi connectivity index (χ2v) is 10.7. The highest BCUT2D eigenvalue weighted by Gasteiger charge is 2.35. The van der Waals surface area contributed by atoms with E-state index in [1.165, 1.54) is 0 Å². The van der Waals surface area contributed by atoms with Crippen molar-refractivity contribution in [3.63, 3.8) is 0 Å². The number of amides is 3. The van der Waals surface area contributed by atoms with Gasteiger partial charge in [0.1, 0.15) is 17.7 Å². The molecule has 0 saturated carbocycles. The average Bonchev–Trinajstić information content (AvgIpc) is 2.89. The molecule has 2 unspecified atom stereocenters. The summed E-state index contributed by atoms with van der Waals surface area (Å²) < 4.78 is 5.37. The van der Waals surface area contributed by atoms with Crippen molar-refractivity contribution in [2.45, 2.75) is 84.5 Å². The molecule has 38 heavy (non-hydrogen) atoms. The predicted molar refractivity (Wildman–Crippen MR) is 155 cm³/mol. The number of thiol groups is 1. The van der Waals surface area contributed by atoms with Crippen LogP contribution in [-0.4, -0.2) is 46.7 Å². The van der Waals surface area contributed by atoms with Crippen LogP contribution in [0.3, 0.4) is 0 Å². The van der Waals surface area contributed by atoms with Crippen LogP contribution in [-0.2, 0) is 27.3 Å². The molecule has 0 fully saturated rings. The Morgan fingerprint density at radius 2 is 1.61 bits per heavy atom. The van der Waals surface area contributed by atoms with Crippen LogP contribution in [0.15, 0.2) is 54.6 Å². The fourth-order valence-electron chi connectivity index (χ4n) is 4.02. The number of aryl methyl sites for hydroxylation is 1. The summed E-state index contributed by atoms with van der Waals surface area (Å²) in [6.07, 6.45) is 2.76. The van der Waals surface area contributed by atoms with Crippen molar-refractivity contribution in [1.29, 1.82) is 0 Å². The number of hydrogen-bond acceptors (Lipinski definition) is 5. The Bertz CT molecular complexity index is 1020. The van der Waals surface area contributed by atoms with Crippen LogP contribution in [0.2, 0.25) is 0 Å². The van der Waals surface area contributed by atoms with Crippen molar-refractivity contribution in [2.75, 3.05) is 12.3 Å². The Morgan fingerprint density at radius 1 is 0.947 bits per heavy atom. The van der Waals surface area contributed by atoms with Gasteiger partial charge in [-0.25, -0.2) is 4.79 Å². The van der Waals surface area contributed by atoms with Crippen molar-refractivity contribution < 1.29 is 19.1 Å². The van der Waals surface area contributed by atoms with Crippen LogP contribution in [0.25, 0.3) is 0 Å². The Labute approximate surface area is 233 Å². The summed E-state index contributed by atoms with van der Waals surface area (Å²) in [6, 6.07) is 15.6. The maximum absolute atomic E-state index is 13.9. The second kappa shape index (κ2) is 15.4. The first-order valence-electron chi connectivity index (χ1n) is 13.4. The molecule has 2 aromatic carbocycles. The topological polar surface area (TPSA) is 87.7 Å². The van der Waals surface area contributed by atoms with Gasteiger partial charge in [-0.15, -0.1) is 0 Å². The minimum atomic E-state index is -0.950. The smallest absolute Gasteiger partial charge is 0.408 e. The summed E-state index contributed by atoms with van der Waals surface area (Å²) in [6.45, 7) is 10.1. The Kier molecular flexibility index (Phi) is 12.7. The third kappa shape index (κ3) is 10.0. The van der Waals surface area contributed by atoms with E-state index in [-0.39, 0.29) is 17.6 Å². The highest BCUT2D eigenvalue weighted by Crippen LogP contribution is 2.25. The van der Waals surface area contributed by atoms with E-state index in [1.54, 1.807) is 25.7 Å². The lowest BCUT2D eigenvalue weighted by Gasteiger charge is -2.34. The molecule has 7 nitrogen and oxygen atoms in total. The molecule has 0 aromatic heterocycles. The maximum Gasteiger partial charge on any atom is 0.408 e. The molecule has 0 aliphatic carbocycles. The molecule has 208 valence electrons. The van der Waals surface area contributed by atoms with Crippen LogP contribution in [0.1, 0.15) is 76.6 Å². The van der Waals surface area contributed by atoms with E-state index in [1.807, 2.05) is 54.6 Å². The zero-order valence-corrected chi connectivity index (χ0v) is 24.2. The molecule has 2 N–H and O–H groups in total. The number of carbonyl (C=O) groups excluding carboxylic acids is 3. The van der Waals surface area contributed by atoms with Crippen LogP contribution in [0.4, 0.5) is 4.79 Å². The quantitative estimate of drug-likeness (QED) is 0.233. The number of alkyl carbamates (subject to hydrolysis) is 1. The molecule has 0 spiro atoms. The lowest BCUT2D eigenvalue weighted by Crippen LogP contribution is -2.54. The van der Waals surface area contributed by atoms with Crippen molar-refractivity contribution in [3.8, 4) is 0 Å². The molecular weight excluding hydrogens is 498 g/mol. The lowest BCUT2D eigenvalue weighted by atomic mass is 10.00. The van der Waals surface area contributed by atoms with E-state index in [4.69, 9.17) is 4.74 Å². The Morgan fingerprint density at radius 3 is 2.16 bits per heavy atom. The highest BCUT2D eigenvalue weighted by atomic mass is 32.1. The fourth-order valence-corrected chi connectivity index (χ4v) is 4.27. The third-order valence-electron chi connectivity index (χ3n) is 6.03. The molecular formula is C30H43N3O4S. The van der Waals surface area contributed by atoms with Gasteiger partial charge in [0.25, 0.3) is 0 Å². The summed E-state index contributed by atoms with van der Waals surface area (Å²) >= 11 is 4.35. The van der Waals surface area contributed by atoms with Crippen molar-refractivity contribution in [1.82, 2.24) is 15.5 Å². The van der Waals surface area contributed by atoms with Crippen LogP contribution in [0, 0.1) is 0 Å². The number of benzene rings is 2. The zero-order chi connectivity index (χ0) is 28.1. The van der Waals surface area contributed by atoms with Crippen molar-refractivity contribution in [2.24, 2.45) is 0 Å². The Balaban J connectivity index is 2.41. The van der Waals surface area contributed by atoms with Gasteiger partial charge in [0, 0.05) is 18.8 Å². The van der Waals surface area contributed by atoms with Gasteiger partial charge in [0.2, 0.25) is 11.8 Å². The van der Waals surface area contributed by atoms with Gasteiger partial charge in [-0.2, -0.15) is 12.6 Å². The number of carbonyl (C=O) groups is 3. The standard InChI is InChI=1S/C30H43N3O4S/c1-6-8-12-19-33(28(35)25(21-38)32-29(36)37-30(3,4)5)26(24-17-15-22(7-2)16-18-24)27(34)31-20-23-13-10-9-11-14-23/h9-11,13-18,25-26,38H,6-8,12,19-21H2,1-5H3,(H,31,34)(H,32,36). The number of hydrogen-bond donors (Lipinski definition) is 3. The molecule has 2 aromatic rings. The minimum absolute atomic E-state index is 0.0650. The molecule has 0 aliphatic heterocycles. The highest BCUT2D eigenvalue weighted by molar-refractivity contribution is 7.80. The summed E-state index contributed by atoms with van der Waals surface area (Å²) in [5.41, 5.74) is 2.11. The first kappa shape index (κ1) is 31.2. The third-order valence-corrected chi connectivity index (χ3v) is 6.40. The second-order valence-electron chi connectivity index (χ2n) is 10.3. The van der Waals surface area contributed by atoms with Gasteiger partial charge in [0.15, 0.2) is 0 Å². The van der Waals surface area contributed by atoms with Crippen LogP contribution >= 0.6 is 12.6 Å². The molecule has 0 aliphatic rings. The number of ether oxygens (including phenoxy) is 1. The van der Waals surface area contributed by atoms with Crippen molar-refractivity contribution in [3.05, 3.63) is 71.3 Å². The van der Waals surface area contributed by atoms with Gasteiger partial charge >= 0.3 is 6.09 Å². The first-order chi connectivity index (χ1) is 18.1. The molecule has 0 bridgehead atoms. The lowest BCUT2D eigenvalue weighted by molar-refractivity contribution is -0.142. The molecule has 2 atom stereocenters. The number of unbranched alkanes of at least 4 members (excludes halogenated alkanes) is 2. The normalized spacial score (nSPS) is 12.8. The molecule has 2 rings (SSSR count). The molecule has 3 amide bonds. The molecule has 0 heterocycles. The first-order valence-corrected chi connectivity index (χ1v) is 14.0. The number of rotatable bonds is 13. The molecule has 0 saturated heterocycles. The van der Waals surface area contributed by atoms with E-state index in [0.717, 1.165) is 36.8 Å². The van der Waals surface area contributed by atoms with Gasteiger partial charge in [0.05, 0.1) is 0 Å². The van der Waals surface area contributed by atoms with Gasteiger partial charge in [-0.05, 0) is 50.3 Å². The summed E-state index contributed by atoms with van der Waals surface area (Å²) in [5.74, 6) is -0.588. The minimum Gasteiger partial charge on any atom is -0.444 e. The maximum atomic E-state index is 13.9. The van der Waals surface area contributed by atoms with Gasteiger partial charge < -0.3 is 20.3 Å². The molecule has 0 radical (unpaired) electrons. The number of nitrogens with zero attached hydrogens (tertiary/aromatic N) is 1. The summed E-state index contributed by atoms with van der Waals surface area (Å²) in [7, 11) is 0. The van der Waals surface area contributed by atoms with E-state index in [0.29, 0.717) is 18.7 Å².